The zero-order valence-corrected chi connectivity index (χ0v) is 9.84. The van der Waals surface area contributed by atoms with Gasteiger partial charge in [-0.3, -0.25) is 4.57 Å². The van der Waals surface area contributed by atoms with Gasteiger partial charge in [0.25, 0.3) is 0 Å². The maximum absolute atomic E-state index is 10.5. The molecule has 3 atom stereocenters. The molecule has 3 rings (SSSR count). The average Bonchev–Trinajstić information content (AvgIpc) is 2.95. The van der Waals surface area contributed by atoms with Crippen molar-refractivity contribution in [3.05, 3.63) is 12.7 Å². The Balaban J connectivity index is 2.12. The fourth-order valence-electron chi connectivity index (χ4n) is 2.20. The Morgan fingerprint density at radius 2 is 2.26 bits per heavy atom. The molecule has 9 heteroatoms. The molecule has 0 aliphatic carbocycles. The molecule has 0 saturated carbocycles. The number of nitrogens with zero attached hydrogens (tertiary/aromatic N) is 4. The summed E-state index contributed by atoms with van der Waals surface area (Å²) in [5.74, 6) is 0.180. The SMILES string of the molecule is Nc1ncnc2c1ncn2C1(O)COC(CO)C1O. The fraction of sp³-hybridized carbons (Fsp3) is 0.500. The van der Waals surface area contributed by atoms with Gasteiger partial charge in [-0.15, -0.1) is 0 Å². The first-order valence-electron chi connectivity index (χ1n) is 5.65. The molecular formula is C10H13N5O4. The number of imidazole rings is 1. The van der Waals surface area contributed by atoms with E-state index in [0.29, 0.717) is 5.52 Å². The minimum atomic E-state index is -1.75. The summed E-state index contributed by atoms with van der Waals surface area (Å²) in [6.07, 6.45) is 0.389. The molecule has 3 heterocycles. The second kappa shape index (κ2) is 4.10. The topological polar surface area (TPSA) is 140 Å². The molecule has 0 radical (unpaired) electrons. The van der Waals surface area contributed by atoms with Gasteiger partial charge in [0.2, 0.25) is 0 Å². The van der Waals surface area contributed by atoms with Crippen molar-refractivity contribution in [1.29, 1.82) is 0 Å². The Bertz CT molecular complexity index is 617. The van der Waals surface area contributed by atoms with Crippen LogP contribution in [0.2, 0.25) is 0 Å². The van der Waals surface area contributed by atoms with Crippen molar-refractivity contribution in [3.8, 4) is 0 Å². The van der Waals surface area contributed by atoms with Crippen molar-refractivity contribution >= 4 is 17.0 Å². The van der Waals surface area contributed by atoms with Gasteiger partial charge in [0, 0.05) is 0 Å². The molecule has 2 aromatic rings. The first kappa shape index (κ1) is 12.2. The van der Waals surface area contributed by atoms with Crippen LogP contribution in [-0.2, 0) is 10.5 Å². The van der Waals surface area contributed by atoms with Crippen LogP contribution in [0, 0.1) is 0 Å². The van der Waals surface area contributed by atoms with E-state index >= 15 is 0 Å². The van der Waals surface area contributed by atoms with Crippen LogP contribution in [0.3, 0.4) is 0 Å². The lowest BCUT2D eigenvalue weighted by Crippen LogP contribution is -2.46. The van der Waals surface area contributed by atoms with Crippen LogP contribution in [0.1, 0.15) is 0 Å². The van der Waals surface area contributed by atoms with Crippen molar-refractivity contribution in [2.45, 2.75) is 17.9 Å². The molecule has 1 saturated heterocycles. The number of hydrogen-bond acceptors (Lipinski definition) is 8. The van der Waals surface area contributed by atoms with E-state index in [1.807, 2.05) is 0 Å². The number of aromatic nitrogens is 4. The Labute approximate surface area is 107 Å². The fourth-order valence-corrected chi connectivity index (χ4v) is 2.20. The first-order valence-corrected chi connectivity index (χ1v) is 5.65. The molecule has 9 nitrogen and oxygen atoms in total. The Morgan fingerprint density at radius 1 is 1.47 bits per heavy atom. The third kappa shape index (κ3) is 1.60. The number of aliphatic hydroxyl groups excluding tert-OH is 2. The van der Waals surface area contributed by atoms with Gasteiger partial charge in [-0.05, 0) is 0 Å². The molecule has 1 aliphatic rings. The highest BCUT2D eigenvalue weighted by Gasteiger charge is 2.50. The van der Waals surface area contributed by atoms with E-state index in [1.165, 1.54) is 17.2 Å². The molecule has 102 valence electrons. The van der Waals surface area contributed by atoms with Gasteiger partial charge in [0.1, 0.15) is 24.1 Å². The predicted molar refractivity (Wildman–Crippen MR) is 62.8 cm³/mol. The van der Waals surface area contributed by atoms with Gasteiger partial charge >= 0.3 is 0 Å². The van der Waals surface area contributed by atoms with Crippen LogP contribution >= 0.6 is 0 Å². The van der Waals surface area contributed by atoms with Crippen molar-refractivity contribution in [1.82, 2.24) is 19.5 Å². The standard InChI is InChI=1S/C10H13N5O4/c11-8-6-9(13-3-12-8)15(4-14-6)10(18)2-19-5(1-16)7(10)17/h3-5,7,16-18H,1-2H2,(H2,11,12,13). The number of fused-ring (bicyclic) bond motifs is 1. The molecule has 3 unspecified atom stereocenters. The summed E-state index contributed by atoms with van der Waals surface area (Å²) >= 11 is 0. The number of ether oxygens (including phenoxy) is 1. The predicted octanol–water partition coefficient (Wildman–Crippen LogP) is -2.19. The lowest BCUT2D eigenvalue weighted by Gasteiger charge is -2.27. The number of nitrogen functional groups attached to an aromatic ring is 1. The van der Waals surface area contributed by atoms with Crippen LogP contribution in [0.4, 0.5) is 5.82 Å². The lowest BCUT2D eigenvalue weighted by atomic mass is 10.1. The Kier molecular flexibility index (Phi) is 2.64. The summed E-state index contributed by atoms with van der Waals surface area (Å²) in [5.41, 5.74) is 4.53. The van der Waals surface area contributed by atoms with Crippen LogP contribution in [0.25, 0.3) is 11.2 Å². The van der Waals surface area contributed by atoms with Gasteiger partial charge in [-0.2, -0.15) is 0 Å². The maximum Gasteiger partial charge on any atom is 0.197 e. The van der Waals surface area contributed by atoms with Crippen LogP contribution in [0.5, 0.6) is 0 Å². The molecule has 5 N–H and O–H groups in total. The number of rotatable bonds is 2. The van der Waals surface area contributed by atoms with Crippen LogP contribution in [0.15, 0.2) is 12.7 Å². The average molecular weight is 267 g/mol. The number of hydrogen-bond donors (Lipinski definition) is 4. The molecular weight excluding hydrogens is 254 g/mol. The van der Waals surface area contributed by atoms with Gasteiger partial charge in [-0.1, -0.05) is 0 Å². The van der Waals surface area contributed by atoms with Gasteiger partial charge in [0.15, 0.2) is 17.2 Å². The first-order chi connectivity index (χ1) is 9.08. The van der Waals surface area contributed by atoms with Crippen molar-refractivity contribution in [3.63, 3.8) is 0 Å². The van der Waals surface area contributed by atoms with E-state index in [9.17, 15) is 10.2 Å². The smallest absolute Gasteiger partial charge is 0.197 e. The molecule has 19 heavy (non-hydrogen) atoms. The summed E-state index contributed by atoms with van der Waals surface area (Å²) in [6.45, 7) is -0.581. The normalized spacial score (nSPS) is 31.1. The number of nitrogens with two attached hydrogens (primary N) is 1. The van der Waals surface area contributed by atoms with Gasteiger partial charge in [0.05, 0.1) is 19.5 Å². The highest BCUT2D eigenvalue weighted by molar-refractivity contribution is 5.81. The third-order valence-corrected chi connectivity index (χ3v) is 3.29. The minimum Gasteiger partial charge on any atom is -0.394 e. The monoisotopic (exact) mass is 267 g/mol. The zero-order valence-electron chi connectivity index (χ0n) is 9.84. The second-order valence-electron chi connectivity index (χ2n) is 4.40. The number of aliphatic hydroxyl groups is 3. The second-order valence-corrected chi connectivity index (χ2v) is 4.40. The van der Waals surface area contributed by atoms with Gasteiger partial charge < -0.3 is 25.8 Å². The summed E-state index contributed by atoms with van der Waals surface area (Å²) < 4.78 is 6.44. The summed E-state index contributed by atoms with van der Waals surface area (Å²) in [6, 6.07) is 0. The van der Waals surface area contributed by atoms with Crippen molar-refractivity contribution < 1.29 is 20.1 Å². The molecule has 0 aromatic carbocycles. The quantitative estimate of drug-likeness (QED) is 0.481. The molecule has 0 amide bonds. The third-order valence-electron chi connectivity index (χ3n) is 3.29. The highest BCUT2D eigenvalue weighted by atomic mass is 16.5. The maximum atomic E-state index is 10.5. The number of anilines is 1. The Hall–Kier alpha value is -1.81. The van der Waals surface area contributed by atoms with E-state index in [4.69, 9.17) is 15.6 Å². The van der Waals surface area contributed by atoms with E-state index in [1.54, 1.807) is 0 Å². The summed E-state index contributed by atoms with van der Waals surface area (Å²) in [5, 5.41) is 29.7. The van der Waals surface area contributed by atoms with Crippen LogP contribution < -0.4 is 5.73 Å². The van der Waals surface area contributed by atoms with Crippen molar-refractivity contribution in [2.24, 2.45) is 0 Å². The summed E-state index contributed by atoms with van der Waals surface area (Å²) in [4.78, 5) is 11.8. The van der Waals surface area contributed by atoms with Gasteiger partial charge in [-0.25, -0.2) is 15.0 Å². The minimum absolute atomic E-state index is 0.180. The van der Waals surface area contributed by atoms with E-state index in [0.717, 1.165) is 0 Å². The van der Waals surface area contributed by atoms with E-state index in [2.05, 4.69) is 15.0 Å². The lowest BCUT2D eigenvalue weighted by molar-refractivity contribution is -0.110. The largest absolute Gasteiger partial charge is 0.394 e. The molecule has 2 aromatic heterocycles. The summed E-state index contributed by atoms with van der Waals surface area (Å²) in [7, 11) is 0. The zero-order chi connectivity index (χ0) is 13.6. The van der Waals surface area contributed by atoms with E-state index < -0.39 is 24.5 Å². The Morgan fingerprint density at radius 3 is 2.95 bits per heavy atom. The highest BCUT2D eigenvalue weighted by Crippen LogP contribution is 2.32. The van der Waals surface area contributed by atoms with Crippen molar-refractivity contribution in [2.75, 3.05) is 18.9 Å². The molecule has 1 fully saturated rings. The van der Waals surface area contributed by atoms with Crippen LogP contribution in [-0.4, -0.2) is 60.3 Å². The van der Waals surface area contributed by atoms with E-state index in [-0.39, 0.29) is 18.1 Å². The molecule has 1 aliphatic heterocycles. The molecule has 0 bridgehead atoms. The molecule has 0 spiro atoms.